The number of halogens is 3. The first-order chi connectivity index (χ1) is 9.82. The monoisotopic (exact) mass is 299 g/mol. The van der Waals surface area contributed by atoms with Crippen LogP contribution in [0.5, 0.6) is 0 Å². The molecule has 0 fully saturated rings. The number of urea groups is 1. The number of aryl methyl sites for hydroxylation is 1. The van der Waals surface area contributed by atoms with E-state index in [-0.39, 0.29) is 5.82 Å². The Kier molecular flexibility index (Phi) is 4.10. The summed E-state index contributed by atoms with van der Waals surface area (Å²) in [6.07, 6.45) is -1.65. The van der Waals surface area contributed by atoms with Gasteiger partial charge in [0.1, 0.15) is 12.4 Å². The number of alkyl halides is 3. The predicted molar refractivity (Wildman–Crippen MR) is 69.9 cm³/mol. The normalized spacial score (nSPS) is 11.2. The Morgan fingerprint density at radius 3 is 2.57 bits per heavy atom. The zero-order chi connectivity index (χ0) is 15.5. The summed E-state index contributed by atoms with van der Waals surface area (Å²) in [4.78, 5) is 15.6. The van der Waals surface area contributed by atoms with Crippen molar-refractivity contribution in [3.63, 3.8) is 0 Å². The maximum Gasteiger partial charge on any atom is 0.408 e. The van der Waals surface area contributed by atoms with Gasteiger partial charge in [-0.25, -0.2) is 9.78 Å². The van der Waals surface area contributed by atoms with E-state index in [1.807, 2.05) is 6.92 Å². The summed E-state index contributed by atoms with van der Waals surface area (Å²) in [5.41, 5.74) is 0.937. The van der Waals surface area contributed by atoms with Gasteiger partial charge < -0.3 is 0 Å². The molecule has 2 rings (SSSR count). The van der Waals surface area contributed by atoms with E-state index in [4.69, 9.17) is 0 Å². The topological polar surface area (TPSA) is 71.8 Å². The predicted octanol–water partition coefficient (Wildman–Crippen LogP) is 2.79. The Morgan fingerprint density at radius 1 is 1.24 bits per heavy atom. The number of nitrogens with zero attached hydrogens (tertiary/aromatic N) is 3. The van der Waals surface area contributed by atoms with Gasteiger partial charge in [0.25, 0.3) is 0 Å². The highest BCUT2D eigenvalue weighted by Gasteiger charge is 2.28. The maximum absolute atomic E-state index is 12.2. The summed E-state index contributed by atoms with van der Waals surface area (Å²) >= 11 is 0. The molecule has 2 amide bonds. The molecule has 0 saturated carbocycles. The van der Waals surface area contributed by atoms with Crippen molar-refractivity contribution in [1.82, 2.24) is 14.8 Å². The standard InChI is InChI=1S/C12H12F3N5O/c1-8-2-3-9(16-6-8)17-11(21)18-10-4-5-20(19-10)7-12(13,14)15/h2-6H,7H2,1H3,(H2,16,17,18,19,21). The fourth-order valence-electron chi connectivity index (χ4n) is 1.51. The molecule has 2 aromatic rings. The van der Waals surface area contributed by atoms with Gasteiger partial charge in [0.2, 0.25) is 0 Å². The zero-order valence-corrected chi connectivity index (χ0v) is 11.0. The lowest BCUT2D eigenvalue weighted by Crippen LogP contribution is -2.21. The Hall–Kier alpha value is -2.58. The molecular weight excluding hydrogens is 287 g/mol. The van der Waals surface area contributed by atoms with E-state index >= 15 is 0 Å². The molecule has 6 nitrogen and oxygen atoms in total. The third-order valence-corrected chi connectivity index (χ3v) is 2.38. The summed E-state index contributed by atoms with van der Waals surface area (Å²) < 4.78 is 37.2. The van der Waals surface area contributed by atoms with E-state index in [0.717, 1.165) is 11.8 Å². The summed E-state index contributed by atoms with van der Waals surface area (Å²) in [5.74, 6) is 0.344. The summed E-state index contributed by atoms with van der Waals surface area (Å²) in [6, 6.07) is 4.01. The van der Waals surface area contributed by atoms with Gasteiger partial charge in [0.05, 0.1) is 0 Å². The summed E-state index contributed by atoms with van der Waals surface area (Å²) in [5, 5.41) is 8.36. The van der Waals surface area contributed by atoms with E-state index in [1.165, 1.54) is 6.07 Å². The van der Waals surface area contributed by atoms with Crippen molar-refractivity contribution in [3.05, 3.63) is 36.2 Å². The fourth-order valence-corrected chi connectivity index (χ4v) is 1.51. The molecule has 112 valence electrons. The highest BCUT2D eigenvalue weighted by molar-refractivity contribution is 5.98. The molecular formula is C12H12F3N5O. The number of carbonyl (C=O) groups is 1. The number of anilines is 2. The molecule has 0 aliphatic heterocycles. The van der Waals surface area contributed by atoms with Crippen LogP contribution in [0, 0.1) is 6.92 Å². The van der Waals surface area contributed by atoms with Gasteiger partial charge >= 0.3 is 12.2 Å². The van der Waals surface area contributed by atoms with E-state index in [2.05, 4.69) is 20.7 Å². The van der Waals surface area contributed by atoms with Gasteiger partial charge in [-0.2, -0.15) is 18.3 Å². The number of aromatic nitrogens is 3. The van der Waals surface area contributed by atoms with E-state index in [0.29, 0.717) is 10.5 Å². The van der Waals surface area contributed by atoms with Crippen LogP contribution < -0.4 is 10.6 Å². The Morgan fingerprint density at radius 2 is 1.95 bits per heavy atom. The number of carbonyl (C=O) groups excluding carboxylic acids is 1. The van der Waals surface area contributed by atoms with Crippen molar-refractivity contribution >= 4 is 17.7 Å². The lowest BCUT2D eigenvalue weighted by Gasteiger charge is -2.06. The van der Waals surface area contributed by atoms with Crippen LogP contribution in [0.15, 0.2) is 30.6 Å². The first-order valence-corrected chi connectivity index (χ1v) is 5.93. The average molecular weight is 299 g/mol. The highest BCUT2D eigenvalue weighted by Crippen LogP contribution is 2.17. The lowest BCUT2D eigenvalue weighted by atomic mass is 10.3. The smallest absolute Gasteiger partial charge is 0.292 e. The molecule has 2 heterocycles. The Bertz CT molecular complexity index is 621. The van der Waals surface area contributed by atoms with Crippen molar-refractivity contribution in [3.8, 4) is 0 Å². The minimum absolute atomic E-state index is 0.0175. The highest BCUT2D eigenvalue weighted by atomic mass is 19.4. The molecule has 0 atom stereocenters. The second kappa shape index (κ2) is 5.81. The largest absolute Gasteiger partial charge is 0.408 e. The van der Waals surface area contributed by atoms with E-state index in [1.54, 1.807) is 18.3 Å². The first kappa shape index (κ1) is 14.8. The molecule has 0 aromatic carbocycles. The molecule has 2 aromatic heterocycles. The quantitative estimate of drug-likeness (QED) is 0.915. The fraction of sp³-hybridized carbons (Fsp3) is 0.250. The molecule has 0 unspecified atom stereocenters. The molecule has 0 radical (unpaired) electrons. The lowest BCUT2D eigenvalue weighted by molar-refractivity contribution is -0.142. The molecule has 2 N–H and O–H groups in total. The first-order valence-electron chi connectivity index (χ1n) is 5.93. The SMILES string of the molecule is Cc1ccc(NC(=O)Nc2ccn(CC(F)(F)F)n2)nc1. The van der Waals surface area contributed by atoms with Crippen molar-refractivity contribution in [2.45, 2.75) is 19.6 Å². The maximum atomic E-state index is 12.2. The molecule has 21 heavy (non-hydrogen) atoms. The minimum Gasteiger partial charge on any atom is -0.292 e. The van der Waals surface area contributed by atoms with Crippen LogP contribution in [-0.2, 0) is 6.54 Å². The van der Waals surface area contributed by atoms with E-state index in [9.17, 15) is 18.0 Å². The summed E-state index contributed by atoms with van der Waals surface area (Å²) in [7, 11) is 0. The molecule has 0 saturated heterocycles. The van der Waals surface area contributed by atoms with Gasteiger partial charge in [0.15, 0.2) is 5.82 Å². The zero-order valence-electron chi connectivity index (χ0n) is 11.0. The second-order valence-corrected chi connectivity index (χ2v) is 4.31. The number of hydrogen-bond donors (Lipinski definition) is 2. The number of pyridine rings is 1. The van der Waals surface area contributed by atoms with Crippen molar-refractivity contribution < 1.29 is 18.0 Å². The number of hydrogen-bond acceptors (Lipinski definition) is 3. The minimum atomic E-state index is -4.36. The van der Waals surface area contributed by atoms with Gasteiger partial charge in [-0.3, -0.25) is 15.3 Å². The third-order valence-electron chi connectivity index (χ3n) is 2.38. The van der Waals surface area contributed by atoms with Gasteiger partial charge in [-0.1, -0.05) is 6.07 Å². The van der Waals surface area contributed by atoms with E-state index < -0.39 is 18.8 Å². The summed E-state index contributed by atoms with van der Waals surface area (Å²) in [6.45, 7) is 0.639. The van der Waals surface area contributed by atoms with Crippen LogP contribution in [0.3, 0.4) is 0 Å². The van der Waals surface area contributed by atoms with Crippen LogP contribution in [0.1, 0.15) is 5.56 Å². The second-order valence-electron chi connectivity index (χ2n) is 4.31. The Balaban J connectivity index is 1.92. The average Bonchev–Trinajstić information content (AvgIpc) is 2.77. The van der Waals surface area contributed by atoms with Gasteiger partial charge in [-0.15, -0.1) is 0 Å². The van der Waals surface area contributed by atoms with Crippen LogP contribution in [-0.4, -0.2) is 27.0 Å². The van der Waals surface area contributed by atoms with Gasteiger partial charge in [-0.05, 0) is 18.6 Å². The number of rotatable bonds is 3. The van der Waals surface area contributed by atoms with Crippen LogP contribution >= 0.6 is 0 Å². The van der Waals surface area contributed by atoms with Crippen molar-refractivity contribution in [2.24, 2.45) is 0 Å². The molecule has 0 spiro atoms. The van der Waals surface area contributed by atoms with Crippen LogP contribution in [0.25, 0.3) is 0 Å². The van der Waals surface area contributed by atoms with Gasteiger partial charge in [0, 0.05) is 18.5 Å². The van der Waals surface area contributed by atoms with Crippen LogP contribution in [0.4, 0.5) is 29.6 Å². The number of amides is 2. The van der Waals surface area contributed by atoms with Crippen LogP contribution in [0.2, 0.25) is 0 Å². The molecule has 9 heteroatoms. The molecule has 0 bridgehead atoms. The Labute approximate surface area is 118 Å². The van der Waals surface area contributed by atoms with Crippen molar-refractivity contribution in [1.29, 1.82) is 0 Å². The molecule has 0 aliphatic carbocycles. The third kappa shape index (κ3) is 4.79. The van der Waals surface area contributed by atoms with Crippen molar-refractivity contribution in [2.75, 3.05) is 10.6 Å². The molecule has 0 aliphatic rings. The number of nitrogens with one attached hydrogen (secondary N) is 2.